The Hall–Kier alpha value is -1.46. The minimum absolute atomic E-state index is 0.744. The largest absolute Gasteiger partial charge is 0.371 e. The molecule has 0 saturated carbocycles. The van der Waals surface area contributed by atoms with Crippen molar-refractivity contribution in [1.82, 2.24) is 5.32 Å². The number of nitrogens with one attached hydrogen (secondary N) is 1. The van der Waals surface area contributed by atoms with Gasteiger partial charge in [0, 0.05) is 24.3 Å². The third kappa shape index (κ3) is 2.77. The first-order valence-electron chi connectivity index (χ1n) is 5.88. The molecule has 16 heavy (non-hydrogen) atoms. The minimum Gasteiger partial charge on any atom is -0.371 e. The fraction of sp³-hybridized carbons (Fsp3) is 0.429. The molecule has 1 heterocycles. The van der Waals surface area contributed by atoms with Gasteiger partial charge in [-0.2, -0.15) is 0 Å². The molecule has 0 aliphatic carbocycles. The van der Waals surface area contributed by atoms with Crippen LogP contribution in [0, 0.1) is 11.8 Å². The number of hydrogen-bond donors (Lipinski definition) is 1. The van der Waals surface area contributed by atoms with Crippen molar-refractivity contribution < 1.29 is 0 Å². The third-order valence-electron chi connectivity index (χ3n) is 2.82. The zero-order valence-corrected chi connectivity index (χ0v) is 9.79. The van der Waals surface area contributed by atoms with Gasteiger partial charge < -0.3 is 10.2 Å². The highest BCUT2D eigenvalue weighted by Crippen LogP contribution is 2.20. The molecule has 1 aliphatic rings. The van der Waals surface area contributed by atoms with Gasteiger partial charge in [0.05, 0.1) is 6.54 Å². The van der Waals surface area contributed by atoms with Gasteiger partial charge in [-0.3, -0.25) is 0 Å². The Morgan fingerprint density at radius 2 is 2.12 bits per heavy atom. The van der Waals surface area contributed by atoms with Crippen LogP contribution in [0.2, 0.25) is 0 Å². The summed E-state index contributed by atoms with van der Waals surface area (Å²) in [5, 5.41) is 3.02. The monoisotopic (exact) mass is 214 g/mol. The number of rotatable bonds is 2. The first-order chi connectivity index (χ1) is 7.90. The highest BCUT2D eigenvalue weighted by atomic mass is 15.1. The minimum atomic E-state index is 0.744. The van der Waals surface area contributed by atoms with E-state index in [-0.39, 0.29) is 0 Å². The first-order valence-corrected chi connectivity index (χ1v) is 5.88. The number of benzene rings is 1. The van der Waals surface area contributed by atoms with Crippen molar-refractivity contribution in [2.45, 2.75) is 12.8 Å². The molecule has 1 saturated heterocycles. The lowest BCUT2D eigenvalue weighted by Gasteiger charge is -2.17. The number of anilines is 1. The molecule has 0 amide bonds. The zero-order valence-electron chi connectivity index (χ0n) is 9.79. The van der Waals surface area contributed by atoms with Gasteiger partial charge in [0.25, 0.3) is 0 Å². The van der Waals surface area contributed by atoms with Gasteiger partial charge in [-0.25, -0.2) is 0 Å². The van der Waals surface area contributed by atoms with Crippen molar-refractivity contribution in [3.8, 4) is 11.8 Å². The van der Waals surface area contributed by atoms with E-state index in [1.165, 1.54) is 31.6 Å². The average molecular weight is 214 g/mol. The summed E-state index contributed by atoms with van der Waals surface area (Å²) in [6.45, 7) is 3.12. The predicted octanol–water partition coefficient (Wildman–Crippen LogP) is 1.86. The van der Waals surface area contributed by atoms with Crippen molar-refractivity contribution in [1.29, 1.82) is 0 Å². The van der Waals surface area contributed by atoms with E-state index in [2.05, 4.69) is 46.3 Å². The molecule has 0 bridgehead atoms. The highest BCUT2D eigenvalue weighted by Gasteiger charge is 2.11. The molecule has 1 aromatic carbocycles. The van der Waals surface area contributed by atoms with Gasteiger partial charge >= 0.3 is 0 Å². The summed E-state index contributed by atoms with van der Waals surface area (Å²) in [6.07, 6.45) is 2.63. The molecule has 1 aromatic rings. The summed E-state index contributed by atoms with van der Waals surface area (Å²) < 4.78 is 0. The standard InChI is InChI=1S/C14H18N2/c1-15-9-5-7-13-6-4-8-14(12-13)16-10-2-3-11-16/h4,6,8,12,15H,2-3,9-11H2,1H3. The van der Waals surface area contributed by atoms with Crippen molar-refractivity contribution >= 4 is 5.69 Å². The molecule has 1 fully saturated rings. The topological polar surface area (TPSA) is 15.3 Å². The van der Waals surface area contributed by atoms with E-state index in [1.807, 2.05) is 7.05 Å². The van der Waals surface area contributed by atoms with Gasteiger partial charge in [0.2, 0.25) is 0 Å². The van der Waals surface area contributed by atoms with Crippen LogP contribution in [0.3, 0.4) is 0 Å². The lowest BCUT2D eigenvalue weighted by atomic mass is 10.2. The van der Waals surface area contributed by atoms with Crippen molar-refractivity contribution in [3.63, 3.8) is 0 Å². The second-order valence-corrected chi connectivity index (χ2v) is 4.08. The molecular weight excluding hydrogens is 196 g/mol. The maximum Gasteiger partial charge on any atom is 0.0577 e. The van der Waals surface area contributed by atoms with E-state index in [0.717, 1.165) is 12.1 Å². The van der Waals surface area contributed by atoms with E-state index in [0.29, 0.717) is 0 Å². The van der Waals surface area contributed by atoms with Crippen LogP contribution in [-0.2, 0) is 0 Å². The smallest absolute Gasteiger partial charge is 0.0577 e. The van der Waals surface area contributed by atoms with Gasteiger partial charge in [0.1, 0.15) is 0 Å². The molecule has 0 spiro atoms. The highest BCUT2D eigenvalue weighted by molar-refractivity contribution is 5.53. The molecule has 0 unspecified atom stereocenters. The van der Waals surface area contributed by atoms with Crippen LogP contribution < -0.4 is 10.2 Å². The van der Waals surface area contributed by atoms with E-state index < -0.39 is 0 Å². The van der Waals surface area contributed by atoms with Crippen LogP contribution >= 0.6 is 0 Å². The molecule has 2 rings (SSSR count). The molecule has 0 atom stereocenters. The normalized spacial score (nSPS) is 14.7. The zero-order chi connectivity index (χ0) is 11.2. The molecule has 1 N–H and O–H groups in total. The first kappa shape index (κ1) is 11.0. The van der Waals surface area contributed by atoms with E-state index in [9.17, 15) is 0 Å². The quantitative estimate of drug-likeness (QED) is 0.756. The molecule has 2 nitrogen and oxygen atoms in total. The maximum absolute atomic E-state index is 3.17. The van der Waals surface area contributed by atoms with E-state index in [4.69, 9.17) is 0 Å². The summed E-state index contributed by atoms with van der Waals surface area (Å²) in [6, 6.07) is 8.53. The van der Waals surface area contributed by atoms with E-state index in [1.54, 1.807) is 0 Å². The Balaban J connectivity index is 2.10. The fourth-order valence-electron chi connectivity index (χ4n) is 1.99. The number of nitrogens with zero attached hydrogens (tertiary/aromatic N) is 1. The second-order valence-electron chi connectivity index (χ2n) is 4.08. The Bertz CT molecular complexity index is 395. The summed E-state index contributed by atoms with van der Waals surface area (Å²) >= 11 is 0. The summed E-state index contributed by atoms with van der Waals surface area (Å²) in [7, 11) is 1.91. The average Bonchev–Trinajstić information content (AvgIpc) is 2.83. The Morgan fingerprint density at radius 3 is 2.88 bits per heavy atom. The van der Waals surface area contributed by atoms with Crippen LogP contribution in [0.4, 0.5) is 5.69 Å². The lowest BCUT2D eigenvalue weighted by molar-refractivity contribution is 0.938. The summed E-state index contributed by atoms with van der Waals surface area (Å²) in [5.74, 6) is 6.26. The van der Waals surface area contributed by atoms with Crippen molar-refractivity contribution in [2.24, 2.45) is 0 Å². The van der Waals surface area contributed by atoms with Crippen LogP contribution in [0.5, 0.6) is 0 Å². The molecule has 84 valence electrons. The number of hydrogen-bond acceptors (Lipinski definition) is 2. The van der Waals surface area contributed by atoms with Crippen LogP contribution in [-0.4, -0.2) is 26.7 Å². The third-order valence-corrected chi connectivity index (χ3v) is 2.82. The van der Waals surface area contributed by atoms with Gasteiger partial charge in [-0.05, 0) is 38.1 Å². The Morgan fingerprint density at radius 1 is 1.31 bits per heavy atom. The SMILES string of the molecule is CNCC#Cc1cccc(N2CCCC2)c1. The van der Waals surface area contributed by atoms with Crippen molar-refractivity contribution in [2.75, 3.05) is 31.6 Å². The van der Waals surface area contributed by atoms with Gasteiger partial charge in [-0.1, -0.05) is 17.9 Å². The summed E-state index contributed by atoms with van der Waals surface area (Å²) in [4.78, 5) is 2.43. The van der Waals surface area contributed by atoms with Crippen LogP contribution in [0.1, 0.15) is 18.4 Å². The molecule has 0 radical (unpaired) electrons. The second kappa shape index (κ2) is 5.58. The molecule has 2 heteroatoms. The molecular formula is C14H18N2. The predicted molar refractivity (Wildman–Crippen MR) is 68.7 cm³/mol. The molecule has 1 aliphatic heterocycles. The van der Waals surface area contributed by atoms with E-state index >= 15 is 0 Å². The van der Waals surface area contributed by atoms with Crippen LogP contribution in [0.15, 0.2) is 24.3 Å². The molecule has 0 aromatic heterocycles. The van der Waals surface area contributed by atoms with Gasteiger partial charge in [-0.15, -0.1) is 0 Å². The van der Waals surface area contributed by atoms with Crippen LogP contribution in [0.25, 0.3) is 0 Å². The lowest BCUT2D eigenvalue weighted by Crippen LogP contribution is -2.17. The van der Waals surface area contributed by atoms with Gasteiger partial charge in [0.15, 0.2) is 0 Å². The Kier molecular flexibility index (Phi) is 3.85. The fourth-order valence-corrected chi connectivity index (χ4v) is 1.99. The summed E-state index contributed by atoms with van der Waals surface area (Å²) in [5.41, 5.74) is 2.42. The Labute approximate surface area is 97.7 Å². The maximum atomic E-state index is 3.17. The van der Waals surface area contributed by atoms with Crippen molar-refractivity contribution in [3.05, 3.63) is 29.8 Å².